The zero-order valence-electron chi connectivity index (χ0n) is 16.8. The van der Waals surface area contributed by atoms with Gasteiger partial charge in [-0.15, -0.1) is 10.2 Å². The molecule has 0 aliphatic carbocycles. The molecule has 1 aromatic carbocycles. The van der Waals surface area contributed by atoms with Crippen LogP contribution in [0.3, 0.4) is 0 Å². The zero-order chi connectivity index (χ0) is 23.0. The van der Waals surface area contributed by atoms with Gasteiger partial charge in [0, 0.05) is 30.9 Å². The Balaban J connectivity index is 1.18. The van der Waals surface area contributed by atoms with Gasteiger partial charge >= 0.3 is 6.18 Å². The van der Waals surface area contributed by atoms with Crippen LogP contribution in [-0.4, -0.2) is 45.2 Å². The van der Waals surface area contributed by atoms with E-state index in [2.05, 4.69) is 35.7 Å². The lowest BCUT2D eigenvalue weighted by atomic mass is 10.1. The summed E-state index contributed by atoms with van der Waals surface area (Å²) in [6, 6.07) is 8.02. The number of aromatic nitrogens is 4. The topological polar surface area (TPSA) is 95.9 Å². The molecule has 33 heavy (non-hydrogen) atoms. The molecule has 1 aliphatic rings. The van der Waals surface area contributed by atoms with E-state index in [1.165, 1.54) is 0 Å². The molecule has 4 aromatic rings. The van der Waals surface area contributed by atoms with Gasteiger partial charge in [0.15, 0.2) is 10.8 Å². The lowest BCUT2D eigenvalue weighted by molar-refractivity contribution is -0.137. The summed E-state index contributed by atoms with van der Waals surface area (Å²) in [4.78, 5) is 23.4. The van der Waals surface area contributed by atoms with E-state index in [0.29, 0.717) is 5.13 Å². The number of rotatable bonds is 5. The Bertz CT molecular complexity index is 1260. The van der Waals surface area contributed by atoms with Gasteiger partial charge in [-0.3, -0.25) is 10.1 Å². The van der Waals surface area contributed by atoms with Crippen molar-refractivity contribution in [3.8, 4) is 0 Å². The van der Waals surface area contributed by atoms with Gasteiger partial charge in [-0.2, -0.15) is 18.2 Å². The Morgan fingerprint density at radius 1 is 1.09 bits per heavy atom. The lowest BCUT2D eigenvalue weighted by Gasteiger charge is -2.14. The van der Waals surface area contributed by atoms with Gasteiger partial charge < -0.3 is 10.2 Å². The maximum atomic E-state index is 12.7. The van der Waals surface area contributed by atoms with Crippen LogP contribution >= 0.6 is 22.7 Å². The summed E-state index contributed by atoms with van der Waals surface area (Å²) in [6.07, 6.45) is -1.84. The van der Waals surface area contributed by atoms with Crippen molar-refractivity contribution < 1.29 is 18.0 Å². The summed E-state index contributed by atoms with van der Waals surface area (Å²) < 4.78 is 39.1. The molecule has 4 heterocycles. The van der Waals surface area contributed by atoms with E-state index >= 15 is 0 Å². The highest BCUT2D eigenvalue weighted by molar-refractivity contribution is 7.22. The second-order valence-electron chi connectivity index (χ2n) is 7.34. The fourth-order valence-corrected chi connectivity index (χ4v) is 5.11. The van der Waals surface area contributed by atoms with Gasteiger partial charge in [-0.05, 0) is 42.8 Å². The Kier molecular flexibility index (Phi) is 5.58. The maximum Gasteiger partial charge on any atom is 0.416 e. The van der Waals surface area contributed by atoms with Crippen LogP contribution in [0.25, 0.3) is 10.3 Å². The number of halogens is 3. The van der Waals surface area contributed by atoms with Crippen LogP contribution in [-0.2, 0) is 6.18 Å². The molecular weight excluding hydrogens is 475 g/mol. The van der Waals surface area contributed by atoms with Crippen LogP contribution in [0.15, 0.2) is 42.6 Å². The molecular formula is C20H16F3N7OS2. The number of benzene rings is 1. The van der Waals surface area contributed by atoms with Crippen LogP contribution in [0, 0.1) is 0 Å². The molecule has 0 bridgehead atoms. The molecule has 2 N–H and O–H groups in total. The number of carbonyl (C=O) groups is 1. The fourth-order valence-electron chi connectivity index (χ4n) is 3.43. The number of anilines is 3. The van der Waals surface area contributed by atoms with Crippen molar-refractivity contribution in [1.29, 1.82) is 0 Å². The van der Waals surface area contributed by atoms with Crippen molar-refractivity contribution in [3.05, 3.63) is 53.7 Å². The molecule has 0 spiro atoms. The number of pyridine rings is 1. The molecule has 1 aliphatic heterocycles. The van der Waals surface area contributed by atoms with Gasteiger partial charge in [0.2, 0.25) is 10.3 Å². The molecule has 170 valence electrons. The van der Waals surface area contributed by atoms with Crippen LogP contribution in [0.5, 0.6) is 0 Å². The van der Waals surface area contributed by atoms with Crippen molar-refractivity contribution in [2.45, 2.75) is 18.6 Å². The second-order valence-corrected chi connectivity index (χ2v) is 9.33. The third kappa shape index (κ3) is 4.73. The van der Waals surface area contributed by atoms with Gasteiger partial charge in [-0.25, -0.2) is 4.98 Å². The van der Waals surface area contributed by atoms with E-state index in [1.807, 2.05) is 12.1 Å². The first-order valence-electron chi connectivity index (χ1n) is 9.90. The standard InChI is InChI=1S/C20H16F3N7OS2/c21-20(22,23)12-5-3-11(4-6-12)16(31)27-18-29-28-17(33-18)25-13-7-9-30(10-13)19-26-15-14(32-19)2-1-8-24-15/h1-6,8,13H,7,9-10H2,(H,25,28)(H,27,29,31)/t13-/m1/s1. The van der Waals surface area contributed by atoms with E-state index in [9.17, 15) is 18.0 Å². The van der Waals surface area contributed by atoms with E-state index in [1.54, 1.807) is 17.5 Å². The fraction of sp³-hybridized carbons (Fsp3) is 0.250. The third-order valence-corrected chi connectivity index (χ3v) is 6.90. The molecule has 1 saturated heterocycles. The minimum atomic E-state index is -4.45. The maximum absolute atomic E-state index is 12.7. The molecule has 3 aromatic heterocycles. The number of nitrogens with zero attached hydrogens (tertiary/aromatic N) is 5. The highest BCUT2D eigenvalue weighted by Crippen LogP contribution is 2.31. The first-order chi connectivity index (χ1) is 15.8. The summed E-state index contributed by atoms with van der Waals surface area (Å²) >= 11 is 2.77. The molecule has 0 unspecified atom stereocenters. The van der Waals surface area contributed by atoms with E-state index in [-0.39, 0.29) is 16.7 Å². The second kappa shape index (κ2) is 8.56. The quantitative estimate of drug-likeness (QED) is 0.424. The predicted octanol–water partition coefficient (Wildman–Crippen LogP) is 4.50. The number of alkyl halides is 3. The zero-order valence-corrected chi connectivity index (χ0v) is 18.5. The van der Waals surface area contributed by atoms with E-state index < -0.39 is 17.6 Å². The molecule has 13 heteroatoms. The summed E-state index contributed by atoms with van der Waals surface area (Å²) in [5.41, 5.74) is 0.0325. The monoisotopic (exact) mass is 491 g/mol. The molecule has 1 fully saturated rings. The predicted molar refractivity (Wildman–Crippen MR) is 121 cm³/mol. The first kappa shape index (κ1) is 21.5. The summed E-state index contributed by atoms with van der Waals surface area (Å²) in [6.45, 7) is 1.58. The lowest BCUT2D eigenvalue weighted by Crippen LogP contribution is -2.25. The average molecular weight is 492 g/mol. The molecule has 1 amide bonds. The van der Waals surface area contributed by atoms with Crippen molar-refractivity contribution in [2.24, 2.45) is 0 Å². The molecule has 1 atom stereocenters. The van der Waals surface area contributed by atoms with Crippen LogP contribution < -0.4 is 15.5 Å². The van der Waals surface area contributed by atoms with Crippen LogP contribution in [0.2, 0.25) is 0 Å². The first-order valence-corrected chi connectivity index (χ1v) is 11.5. The number of hydrogen-bond acceptors (Lipinski definition) is 9. The van der Waals surface area contributed by atoms with Gasteiger partial charge in [0.25, 0.3) is 5.91 Å². The smallest absolute Gasteiger partial charge is 0.355 e. The van der Waals surface area contributed by atoms with Crippen molar-refractivity contribution in [3.63, 3.8) is 0 Å². The molecule has 8 nitrogen and oxygen atoms in total. The van der Waals surface area contributed by atoms with E-state index in [4.69, 9.17) is 0 Å². The summed E-state index contributed by atoms with van der Waals surface area (Å²) in [5.74, 6) is -0.553. The van der Waals surface area contributed by atoms with Crippen LogP contribution in [0.4, 0.5) is 28.6 Å². The number of fused-ring (bicyclic) bond motifs is 1. The van der Waals surface area contributed by atoms with Crippen molar-refractivity contribution in [2.75, 3.05) is 28.6 Å². The average Bonchev–Trinajstić information content (AvgIpc) is 3.53. The molecule has 5 rings (SSSR count). The largest absolute Gasteiger partial charge is 0.416 e. The third-order valence-electron chi connectivity index (χ3n) is 5.06. The highest BCUT2D eigenvalue weighted by Gasteiger charge is 2.30. The van der Waals surface area contributed by atoms with Gasteiger partial charge in [0.05, 0.1) is 10.3 Å². The Labute approximate surface area is 193 Å². The minimum Gasteiger partial charge on any atom is -0.355 e. The number of thiazole rings is 1. The number of carbonyl (C=O) groups excluding carboxylic acids is 1. The number of amides is 1. The number of nitrogens with one attached hydrogen (secondary N) is 2. The Hall–Kier alpha value is -3.32. The highest BCUT2D eigenvalue weighted by atomic mass is 32.1. The minimum absolute atomic E-state index is 0.101. The Morgan fingerprint density at radius 3 is 2.64 bits per heavy atom. The van der Waals surface area contributed by atoms with Crippen LogP contribution in [0.1, 0.15) is 22.3 Å². The Morgan fingerprint density at radius 2 is 1.88 bits per heavy atom. The van der Waals surface area contributed by atoms with Gasteiger partial charge in [-0.1, -0.05) is 22.7 Å². The molecule has 0 saturated carbocycles. The van der Waals surface area contributed by atoms with Crippen molar-refractivity contribution in [1.82, 2.24) is 20.2 Å². The summed E-state index contributed by atoms with van der Waals surface area (Å²) in [5, 5.41) is 15.6. The SMILES string of the molecule is O=C(Nc1nnc(N[C@@H]2CCN(c3nc4ncccc4s3)C2)s1)c1ccc(C(F)(F)F)cc1. The normalized spacial score (nSPS) is 16.3. The van der Waals surface area contributed by atoms with E-state index in [0.717, 1.165) is 70.6 Å². The van der Waals surface area contributed by atoms with Crippen molar-refractivity contribution >= 4 is 54.3 Å². The number of hydrogen-bond donors (Lipinski definition) is 2. The summed E-state index contributed by atoms with van der Waals surface area (Å²) in [7, 11) is 0. The van der Waals surface area contributed by atoms with Gasteiger partial charge in [0.1, 0.15) is 0 Å². The molecule has 0 radical (unpaired) electrons.